The Kier molecular flexibility index (Phi) is 5.97. The van der Waals surface area contributed by atoms with Crippen molar-refractivity contribution >= 4 is 60.8 Å². The van der Waals surface area contributed by atoms with Crippen LogP contribution < -0.4 is 15.4 Å². The van der Waals surface area contributed by atoms with Gasteiger partial charge in [-0.15, -0.1) is 0 Å². The molecule has 0 spiro atoms. The Hall–Kier alpha value is -1.64. The molecule has 8 heteroatoms. The normalized spacial score (nSPS) is 10.0. The number of phenolic OH excluding ortho intramolecular Hbond substituents is 1. The molecule has 0 atom stereocenters. The number of halogens is 2. The molecule has 0 radical (unpaired) electrons. The molecule has 0 heterocycles. The van der Waals surface area contributed by atoms with Crippen LogP contribution in [0.25, 0.3) is 0 Å². The summed E-state index contributed by atoms with van der Waals surface area (Å²) in [6.45, 7) is 0. The molecule has 2 rings (SSSR count). The van der Waals surface area contributed by atoms with Crippen LogP contribution >= 0.6 is 44.1 Å². The topological polar surface area (TPSA) is 70.6 Å². The molecule has 120 valence electrons. The number of methoxy groups -OCH3 is 1. The highest BCUT2D eigenvalue weighted by Crippen LogP contribution is 2.32. The molecule has 0 aromatic heterocycles. The second-order valence-corrected chi connectivity index (χ2v) is 6.57. The molecule has 0 fully saturated rings. The van der Waals surface area contributed by atoms with Gasteiger partial charge in [-0.25, -0.2) is 0 Å². The third-order valence-corrected chi connectivity index (χ3v) is 4.09. The molecule has 3 N–H and O–H groups in total. The van der Waals surface area contributed by atoms with E-state index in [0.29, 0.717) is 21.5 Å². The molecular formula is C15H12Br2N2O3S. The lowest BCUT2D eigenvalue weighted by atomic mass is 10.2. The second-order valence-electron chi connectivity index (χ2n) is 4.39. The third kappa shape index (κ3) is 4.43. The molecule has 2 aromatic rings. The first kappa shape index (κ1) is 17.7. The van der Waals surface area contributed by atoms with E-state index in [4.69, 9.17) is 17.0 Å². The summed E-state index contributed by atoms with van der Waals surface area (Å²) in [4.78, 5) is 12.4. The molecule has 5 nitrogen and oxygen atoms in total. The van der Waals surface area contributed by atoms with Crippen molar-refractivity contribution in [2.45, 2.75) is 0 Å². The zero-order valence-electron chi connectivity index (χ0n) is 11.9. The Bertz CT molecular complexity index is 768. The first-order valence-corrected chi connectivity index (χ1v) is 8.35. The smallest absolute Gasteiger partial charge is 0.261 e. The Morgan fingerprint density at radius 2 is 1.96 bits per heavy atom. The zero-order chi connectivity index (χ0) is 17.0. The lowest BCUT2D eigenvalue weighted by molar-refractivity contribution is 0.0974. The quantitative estimate of drug-likeness (QED) is 0.477. The lowest BCUT2D eigenvalue weighted by Gasteiger charge is -2.13. The summed E-state index contributed by atoms with van der Waals surface area (Å²) in [6.07, 6.45) is 0. The Labute approximate surface area is 155 Å². The number of carbonyl (C=O) groups is 1. The summed E-state index contributed by atoms with van der Waals surface area (Å²) in [5, 5.41) is 15.1. The van der Waals surface area contributed by atoms with Gasteiger partial charge in [-0.05, 0) is 52.4 Å². The van der Waals surface area contributed by atoms with Crippen LogP contribution in [0.4, 0.5) is 5.69 Å². The van der Waals surface area contributed by atoms with Crippen molar-refractivity contribution in [3.05, 3.63) is 50.9 Å². The molecule has 1 amide bonds. The van der Waals surface area contributed by atoms with Crippen LogP contribution in [0.1, 0.15) is 10.4 Å². The van der Waals surface area contributed by atoms with E-state index in [1.165, 1.54) is 13.2 Å². The van der Waals surface area contributed by atoms with Crippen LogP contribution in [0.3, 0.4) is 0 Å². The number of nitrogens with one attached hydrogen (secondary N) is 2. The van der Waals surface area contributed by atoms with Crippen LogP contribution in [-0.2, 0) is 0 Å². The van der Waals surface area contributed by atoms with E-state index in [-0.39, 0.29) is 10.9 Å². The van der Waals surface area contributed by atoms with Gasteiger partial charge in [0.2, 0.25) is 0 Å². The Balaban J connectivity index is 2.16. The van der Waals surface area contributed by atoms with E-state index in [2.05, 4.69) is 42.5 Å². The molecule has 0 unspecified atom stereocenters. The number of amides is 1. The fraction of sp³-hybridized carbons (Fsp3) is 0.0667. The minimum absolute atomic E-state index is 0.0341. The number of anilines is 1. The Morgan fingerprint density at radius 3 is 2.61 bits per heavy atom. The zero-order valence-corrected chi connectivity index (χ0v) is 15.9. The van der Waals surface area contributed by atoms with Crippen molar-refractivity contribution in [1.82, 2.24) is 5.32 Å². The monoisotopic (exact) mass is 458 g/mol. The van der Waals surface area contributed by atoms with Gasteiger partial charge in [0.25, 0.3) is 5.91 Å². The van der Waals surface area contributed by atoms with Crippen LogP contribution in [0.2, 0.25) is 0 Å². The summed E-state index contributed by atoms with van der Waals surface area (Å²) in [5.41, 5.74) is 0.718. The first-order valence-electron chi connectivity index (χ1n) is 6.35. The van der Waals surface area contributed by atoms with Crippen molar-refractivity contribution in [3.63, 3.8) is 0 Å². The number of phenols is 1. The molecule has 2 aromatic carbocycles. The van der Waals surface area contributed by atoms with Crippen molar-refractivity contribution in [2.24, 2.45) is 0 Å². The number of thiocarbonyl (C=S) groups is 1. The van der Waals surface area contributed by atoms with Gasteiger partial charge in [-0.3, -0.25) is 10.1 Å². The Morgan fingerprint density at radius 1 is 1.26 bits per heavy atom. The predicted octanol–water partition coefficient (Wildman–Crippen LogP) is 4.05. The molecular weight excluding hydrogens is 448 g/mol. The maximum Gasteiger partial charge on any atom is 0.261 e. The number of hydrogen-bond donors (Lipinski definition) is 3. The fourth-order valence-electron chi connectivity index (χ4n) is 1.84. The van der Waals surface area contributed by atoms with Crippen LogP contribution in [0, 0.1) is 0 Å². The number of ether oxygens (including phenoxy) is 1. The number of aromatic hydroxyl groups is 1. The molecule has 0 saturated carbocycles. The first-order chi connectivity index (χ1) is 10.9. The minimum atomic E-state index is -0.434. The van der Waals surface area contributed by atoms with Crippen LogP contribution in [0.15, 0.2) is 45.3 Å². The maximum atomic E-state index is 12.4. The molecule has 0 bridgehead atoms. The number of benzene rings is 2. The minimum Gasteiger partial charge on any atom is -0.506 e. The fourth-order valence-corrected chi connectivity index (χ4v) is 3.43. The molecule has 0 aliphatic heterocycles. The molecule has 23 heavy (non-hydrogen) atoms. The van der Waals surface area contributed by atoms with Gasteiger partial charge in [0, 0.05) is 4.47 Å². The number of carbonyl (C=O) groups excluding carboxylic acids is 1. The van der Waals surface area contributed by atoms with E-state index >= 15 is 0 Å². The van der Waals surface area contributed by atoms with Gasteiger partial charge >= 0.3 is 0 Å². The highest BCUT2D eigenvalue weighted by molar-refractivity contribution is 9.11. The average molecular weight is 460 g/mol. The van der Waals surface area contributed by atoms with Gasteiger partial charge < -0.3 is 15.2 Å². The standard InChI is InChI=1S/C15H12Br2N2O3S/c1-22-13-9(6-8(16)7-10(13)17)14(21)19-15(23)18-11-4-2-3-5-12(11)20/h2-7,20H,1H3,(H2,18,19,21,23). The van der Waals surface area contributed by atoms with Gasteiger partial charge in [-0.1, -0.05) is 28.1 Å². The van der Waals surface area contributed by atoms with E-state index < -0.39 is 5.91 Å². The summed E-state index contributed by atoms with van der Waals surface area (Å²) < 4.78 is 6.59. The predicted molar refractivity (Wildman–Crippen MR) is 100 cm³/mol. The third-order valence-electron chi connectivity index (χ3n) is 2.84. The van der Waals surface area contributed by atoms with Crippen LogP contribution in [0.5, 0.6) is 11.5 Å². The van der Waals surface area contributed by atoms with E-state index in [1.54, 1.807) is 30.3 Å². The number of para-hydroxylation sites is 2. The van der Waals surface area contributed by atoms with Gasteiger partial charge in [-0.2, -0.15) is 0 Å². The van der Waals surface area contributed by atoms with E-state index in [1.807, 2.05) is 0 Å². The van der Waals surface area contributed by atoms with E-state index in [0.717, 1.165) is 4.47 Å². The number of rotatable bonds is 3. The van der Waals surface area contributed by atoms with Gasteiger partial charge in [0.05, 0.1) is 22.8 Å². The number of hydrogen-bond acceptors (Lipinski definition) is 4. The van der Waals surface area contributed by atoms with Gasteiger partial charge in [0.15, 0.2) is 5.11 Å². The van der Waals surface area contributed by atoms with Crippen molar-refractivity contribution in [2.75, 3.05) is 12.4 Å². The molecule has 0 aliphatic rings. The largest absolute Gasteiger partial charge is 0.506 e. The average Bonchev–Trinajstić information content (AvgIpc) is 2.48. The highest BCUT2D eigenvalue weighted by atomic mass is 79.9. The summed E-state index contributed by atoms with van der Waals surface area (Å²) in [6, 6.07) is 9.98. The summed E-state index contributed by atoms with van der Waals surface area (Å²) in [7, 11) is 1.48. The summed E-state index contributed by atoms with van der Waals surface area (Å²) in [5.74, 6) is -0.000270. The lowest BCUT2D eigenvalue weighted by Crippen LogP contribution is -2.34. The second kappa shape index (κ2) is 7.76. The molecule has 0 saturated heterocycles. The van der Waals surface area contributed by atoms with Crippen molar-refractivity contribution in [1.29, 1.82) is 0 Å². The van der Waals surface area contributed by atoms with Crippen LogP contribution in [-0.4, -0.2) is 23.2 Å². The van der Waals surface area contributed by atoms with Crippen molar-refractivity contribution in [3.8, 4) is 11.5 Å². The molecule has 0 aliphatic carbocycles. The maximum absolute atomic E-state index is 12.4. The van der Waals surface area contributed by atoms with Gasteiger partial charge in [0.1, 0.15) is 11.5 Å². The SMILES string of the molecule is COc1c(Br)cc(Br)cc1C(=O)NC(=S)Nc1ccccc1O. The van der Waals surface area contributed by atoms with E-state index in [9.17, 15) is 9.90 Å². The van der Waals surface area contributed by atoms with Crippen molar-refractivity contribution < 1.29 is 14.6 Å². The highest BCUT2D eigenvalue weighted by Gasteiger charge is 2.17. The summed E-state index contributed by atoms with van der Waals surface area (Å²) >= 11 is 11.8.